The molecule has 2 aromatic carbocycles. The van der Waals surface area contributed by atoms with Gasteiger partial charge in [0, 0.05) is 19.1 Å². The van der Waals surface area contributed by atoms with Crippen LogP contribution in [0.25, 0.3) is 0 Å². The van der Waals surface area contributed by atoms with E-state index < -0.39 is 63.7 Å². The van der Waals surface area contributed by atoms with Gasteiger partial charge in [0.2, 0.25) is 11.7 Å². The summed E-state index contributed by atoms with van der Waals surface area (Å²) in [7, 11) is 1.27. The maximum absolute atomic E-state index is 14.2. The van der Waals surface area contributed by atoms with Crippen LogP contribution in [0.2, 0.25) is 0 Å². The number of amides is 1. The molecule has 0 heterocycles. The van der Waals surface area contributed by atoms with Crippen LogP contribution in [-0.2, 0) is 23.9 Å². The van der Waals surface area contributed by atoms with E-state index in [0.717, 1.165) is 0 Å². The molecule has 0 saturated heterocycles. The Hall–Kier alpha value is -5.22. The topological polar surface area (TPSA) is 205 Å². The predicted octanol–water partition coefficient (Wildman–Crippen LogP) is 3.96. The largest absolute Gasteiger partial charge is 0.494 e. The van der Waals surface area contributed by atoms with Crippen LogP contribution in [0.15, 0.2) is 34.5 Å². The van der Waals surface area contributed by atoms with Gasteiger partial charge >= 0.3 is 23.3 Å². The van der Waals surface area contributed by atoms with Crippen molar-refractivity contribution in [3.63, 3.8) is 0 Å². The van der Waals surface area contributed by atoms with Gasteiger partial charge in [0.05, 0.1) is 47.6 Å². The molecule has 0 atom stereocenters. The number of ether oxygens (including phenoxy) is 3. The van der Waals surface area contributed by atoms with Crippen molar-refractivity contribution in [1.82, 2.24) is 0 Å². The summed E-state index contributed by atoms with van der Waals surface area (Å²) in [6.45, 7) is 3.73. The van der Waals surface area contributed by atoms with Crippen LogP contribution < -0.4 is 15.0 Å². The van der Waals surface area contributed by atoms with Gasteiger partial charge < -0.3 is 24.4 Å². The fourth-order valence-corrected chi connectivity index (χ4v) is 3.31. The number of azo groups is 1. The molecule has 0 unspecified atom stereocenters. The van der Waals surface area contributed by atoms with Crippen molar-refractivity contribution in [2.24, 2.45) is 10.2 Å². The number of methoxy groups -OCH3 is 1. The second-order valence-corrected chi connectivity index (χ2v) is 7.70. The van der Waals surface area contributed by atoms with E-state index in [-0.39, 0.29) is 36.0 Å². The van der Waals surface area contributed by atoms with E-state index in [4.69, 9.17) is 14.2 Å². The molecular weight excluding hydrogens is 539 g/mol. The summed E-state index contributed by atoms with van der Waals surface area (Å²) in [4.78, 5) is 58.0. The number of hydrogen-bond donors (Lipinski definition) is 1. The fraction of sp³-hybridized carbons (Fsp3) is 0.348. The minimum atomic E-state index is -1.38. The summed E-state index contributed by atoms with van der Waals surface area (Å²) < 4.78 is 29.5. The molecule has 0 aliphatic heterocycles. The number of hydrogen-bond acceptors (Lipinski definition) is 13. The summed E-state index contributed by atoms with van der Waals surface area (Å²) in [6.07, 6.45) is 0. The first-order valence-corrected chi connectivity index (χ1v) is 11.5. The number of esters is 2. The zero-order valence-electron chi connectivity index (χ0n) is 21.8. The van der Waals surface area contributed by atoms with Gasteiger partial charge in [-0.2, -0.15) is 4.39 Å². The van der Waals surface area contributed by atoms with Crippen LogP contribution in [-0.4, -0.2) is 61.1 Å². The molecule has 16 nitrogen and oxygen atoms in total. The average Bonchev–Trinajstić information content (AvgIpc) is 2.86. The molecule has 1 N–H and O–H groups in total. The smallest absolute Gasteiger partial charge is 0.325 e. The highest BCUT2D eigenvalue weighted by atomic mass is 19.1. The highest BCUT2D eigenvalue weighted by Gasteiger charge is 2.26. The van der Waals surface area contributed by atoms with E-state index >= 15 is 0 Å². The van der Waals surface area contributed by atoms with E-state index in [0.29, 0.717) is 12.1 Å². The van der Waals surface area contributed by atoms with Crippen molar-refractivity contribution in [2.45, 2.75) is 20.8 Å². The van der Waals surface area contributed by atoms with Gasteiger partial charge in [0.15, 0.2) is 5.69 Å². The predicted molar refractivity (Wildman–Crippen MR) is 137 cm³/mol. The highest BCUT2D eigenvalue weighted by Crippen LogP contribution is 2.41. The molecule has 0 bridgehead atoms. The molecule has 0 aromatic heterocycles. The number of benzene rings is 2. The van der Waals surface area contributed by atoms with Crippen LogP contribution in [0.3, 0.4) is 0 Å². The van der Waals surface area contributed by atoms with E-state index in [1.54, 1.807) is 13.8 Å². The van der Waals surface area contributed by atoms with Crippen LogP contribution >= 0.6 is 0 Å². The number of carbonyl (C=O) groups excluding carboxylic acids is 3. The molecule has 0 spiro atoms. The minimum absolute atomic E-state index is 0.0287. The Balaban J connectivity index is 2.67. The van der Waals surface area contributed by atoms with Crippen LogP contribution in [0.4, 0.5) is 38.5 Å². The van der Waals surface area contributed by atoms with Crippen molar-refractivity contribution in [3.8, 4) is 5.75 Å². The summed E-state index contributed by atoms with van der Waals surface area (Å²) in [5.41, 5.74) is -2.68. The first-order valence-electron chi connectivity index (χ1n) is 11.5. The third-order valence-corrected chi connectivity index (χ3v) is 4.90. The van der Waals surface area contributed by atoms with E-state index in [9.17, 15) is 39.0 Å². The molecule has 1 amide bonds. The summed E-state index contributed by atoms with van der Waals surface area (Å²) >= 11 is 0. The molecule has 0 fully saturated rings. The highest BCUT2D eigenvalue weighted by molar-refractivity contribution is 5.94. The number of nitro benzene ring substituents is 2. The van der Waals surface area contributed by atoms with E-state index in [1.165, 1.54) is 31.1 Å². The Bertz CT molecular complexity index is 1330. The molecule has 214 valence electrons. The van der Waals surface area contributed by atoms with Gasteiger partial charge in [-0.1, -0.05) is 0 Å². The number of nitrogens with one attached hydrogen (secondary N) is 1. The SMILES string of the molecule is CCOC(=O)CN(CC(=O)OCC)c1cc(NC(C)=O)c(N=Nc2cc(F)c([N+](=O)[O-])cc2[N+](=O)[O-])cc1OC. The van der Waals surface area contributed by atoms with Gasteiger partial charge in [-0.3, -0.25) is 34.6 Å². The Morgan fingerprint density at radius 1 is 0.925 bits per heavy atom. The molecule has 0 aliphatic carbocycles. The van der Waals surface area contributed by atoms with Crippen LogP contribution in [0.5, 0.6) is 5.75 Å². The third kappa shape index (κ3) is 8.14. The molecule has 2 aromatic rings. The van der Waals surface area contributed by atoms with Crippen molar-refractivity contribution < 1.29 is 42.8 Å². The van der Waals surface area contributed by atoms with Gasteiger partial charge in [-0.25, -0.2) is 0 Å². The van der Waals surface area contributed by atoms with Crippen molar-refractivity contribution in [1.29, 1.82) is 0 Å². The Labute approximate surface area is 226 Å². The number of halogens is 1. The Morgan fingerprint density at radius 2 is 1.48 bits per heavy atom. The number of anilines is 2. The normalized spacial score (nSPS) is 10.6. The second kappa shape index (κ2) is 14.1. The molecule has 0 aliphatic rings. The number of rotatable bonds is 13. The lowest BCUT2D eigenvalue weighted by molar-refractivity contribution is -0.395. The van der Waals surface area contributed by atoms with E-state index in [1.807, 2.05) is 0 Å². The molecular formula is C23H25FN6O10. The summed E-state index contributed by atoms with van der Waals surface area (Å²) in [6, 6.07) is 3.42. The summed E-state index contributed by atoms with van der Waals surface area (Å²) in [5.74, 6) is -3.27. The Morgan fingerprint density at radius 3 is 1.95 bits per heavy atom. The monoisotopic (exact) mass is 564 g/mol. The zero-order valence-corrected chi connectivity index (χ0v) is 21.8. The maximum atomic E-state index is 14.2. The molecule has 2 rings (SSSR count). The lowest BCUT2D eigenvalue weighted by atomic mass is 10.2. The maximum Gasteiger partial charge on any atom is 0.325 e. The van der Waals surface area contributed by atoms with Crippen molar-refractivity contribution in [3.05, 3.63) is 50.3 Å². The van der Waals surface area contributed by atoms with Crippen molar-refractivity contribution in [2.75, 3.05) is 43.6 Å². The average molecular weight is 564 g/mol. The molecule has 40 heavy (non-hydrogen) atoms. The summed E-state index contributed by atoms with van der Waals surface area (Å²) in [5, 5.41) is 32.4. The zero-order chi connectivity index (χ0) is 30.0. The van der Waals surface area contributed by atoms with Crippen molar-refractivity contribution >= 4 is 52.0 Å². The number of nitro groups is 2. The molecule has 0 saturated carbocycles. The van der Waals surface area contributed by atoms with E-state index in [2.05, 4.69) is 15.5 Å². The van der Waals surface area contributed by atoms with Crippen LogP contribution in [0.1, 0.15) is 20.8 Å². The fourth-order valence-electron chi connectivity index (χ4n) is 3.31. The second-order valence-electron chi connectivity index (χ2n) is 7.70. The first-order chi connectivity index (χ1) is 18.9. The third-order valence-electron chi connectivity index (χ3n) is 4.90. The molecule has 17 heteroatoms. The van der Waals surface area contributed by atoms with Crippen LogP contribution in [0, 0.1) is 26.0 Å². The quantitative estimate of drug-likeness (QED) is 0.159. The lowest BCUT2D eigenvalue weighted by Gasteiger charge is -2.25. The lowest BCUT2D eigenvalue weighted by Crippen LogP contribution is -2.36. The van der Waals surface area contributed by atoms with Gasteiger partial charge in [0.1, 0.15) is 24.5 Å². The molecule has 0 radical (unpaired) electrons. The number of nitrogens with zero attached hydrogens (tertiary/aromatic N) is 5. The first kappa shape index (κ1) is 31.0. The number of carbonyl (C=O) groups is 3. The standard InChI is InChI=1S/C23H25FN6O10/c1-5-39-22(32)11-28(12-23(33)40-6-2)20-8-15(25-13(3)31)16(9-21(20)38-4)26-27-17-7-14(24)18(29(34)35)10-19(17)30(36)37/h7-10H,5-6,11-12H2,1-4H3,(H,25,31). The minimum Gasteiger partial charge on any atom is -0.494 e. The Kier molecular flexibility index (Phi) is 10.9. The van der Waals surface area contributed by atoms with Gasteiger partial charge in [-0.05, 0) is 19.9 Å². The van der Waals surface area contributed by atoms with Gasteiger partial charge in [0.25, 0.3) is 0 Å². The van der Waals surface area contributed by atoms with Gasteiger partial charge in [-0.15, -0.1) is 10.2 Å².